The Bertz CT molecular complexity index is 652. The van der Waals surface area contributed by atoms with Crippen LogP contribution in [-0.4, -0.2) is 35.6 Å². The van der Waals surface area contributed by atoms with Crippen molar-refractivity contribution in [3.05, 3.63) is 33.7 Å². The quantitative estimate of drug-likeness (QED) is 0.812. The van der Waals surface area contributed by atoms with Crippen molar-refractivity contribution >= 4 is 27.5 Å². The summed E-state index contributed by atoms with van der Waals surface area (Å²) in [6, 6.07) is 2.00. The minimum Gasteiger partial charge on any atom is -0.385 e. The molecule has 6 heteroatoms. The van der Waals surface area contributed by atoms with Crippen LogP contribution in [0.1, 0.15) is 35.1 Å². The van der Waals surface area contributed by atoms with E-state index in [4.69, 9.17) is 4.74 Å². The minimum absolute atomic E-state index is 0.0899. The molecule has 0 radical (unpaired) electrons. The molecule has 0 spiro atoms. The zero-order valence-corrected chi connectivity index (χ0v) is 14.2. The van der Waals surface area contributed by atoms with E-state index in [1.54, 1.807) is 7.11 Å². The summed E-state index contributed by atoms with van der Waals surface area (Å²) in [6.45, 7) is 5.23. The van der Waals surface area contributed by atoms with E-state index < -0.39 is 0 Å². The maximum atomic E-state index is 12.5. The summed E-state index contributed by atoms with van der Waals surface area (Å²) in [6.07, 6.45) is 3.40. The van der Waals surface area contributed by atoms with Crippen molar-refractivity contribution in [3.8, 4) is 0 Å². The Balaban J connectivity index is 2.35. The Morgan fingerprint density at radius 2 is 2.29 bits per heavy atom. The molecule has 2 aromatic heterocycles. The van der Waals surface area contributed by atoms with Gasteiger partial charge in [0.1, 0.15) is 11.3 Å². The van der Waals surface area contributed by atoms with Crippen LogP contribution in [0.5, 0.6) is 0 Å². The number of rotatable bonds is 6. The maximum absolute atomic E-state index is 12.5. The summed E-state index contributed by atoms with van der Waals surface area (Å²) < 4.78 is 7.78. The molecule has 0 bridgehead atoms. The fraction of sp³-hybridized carbons (Fsp3) is 0.467. The van der Waals surface area contributed by atoms with Crippen LogP contribution in [0, 0.1) is 6.92 Å². The largest absolute Gasteiger partial charge is 0.385 e. The van der Waals surface area contributed by atoms with Crippen molar-refractivity contribution in [1.29, 1.82) is 0 Å². The standard InChI is InChI=1S/C15H20BrN3O2/c1-4-12-13(15(20)17-6-5-7-21-3)19-9-11(16)8-10(2)14(19)18-12/h8-9H,4-7H2,1-3H3,(H,17,20). The summed E-state index contributed by atoms with van der Waals surface area (Å²) in [4.78, 5) is 17.1. The lowest BCUT2D eigenvalue weighted by Gasteiger charge is -2.07. The molecule has 1 amide bonds. The molecule has 0 saturated heterocycles. The normalized spacial score (nSPS) is 11.0. The second-order valence-electron chi connectivity index (χ2n) is 4.90. The average Bonchev–Trinajstić information content (AvgIpc) is 2.82. The first-order valence-corrected chi connectivity index (χ1v) is 7.82. The summed E-state index contributed by atoms with van der Waals surface area (Å²) in [5, 5.41) is 2.93. The van der Waals surface area contributed by atoms with E-state index in [0.717, 1.165) is 34.2 Å². The second kappa shape index (κ2) is 7.04. The smallest absolute Gasteiger partial charge is 0.270 e. The van der Waals surface area contributed by atoms with Crippen molar-refractivity contribution < 1.29 is 9.53 Å². The number of aryl methyl sites for hydroxylation is 2. The number of ether oxygens (including phenoxy) is 1. The highest BCUT2D eigenvalue weighted by Gasteiger charge is 2.19. The SMILES string of the molecule is CCc1nc2c(C)cc(Br)cn2c1C(=O)NCCCOC. The molecular formula is C15H20BrN3O2. The number of carbonyl (C=O) groups is 1. The number of pyridine rings is 1. The summed E-state index contributed by atoms with van der Waals surface area (Å²) >= 11 is 3.47. The van der Waals surface area contributed by atoms with E-state index in [1.807, 2.05) is 30.5 Å². The molecule has 0 fully saturated rings. The Kier molecular flexibility index (Phi) is 5.36. The van der Waals surface area contributed by atoms with Gasteiger partial charge in [-0.2, -0.15) is 0 Å². The zero-order valence-electron chi connectivity index (χ0n) is 12.6. The minimum atomic E-state index is -0.0899. The summed E-state index contributed by atoms with van der Waals surface area (Å²) in [5.41, 5.74) is 3.31. The number of fused-ring (bicyclic) bond motifs is 1. The van der Waals surface area contributed by atoms with E-state index in [1.165, 1.54) is 0 Å². The number of hydrogen-bond acceptors (Lipinski definition) is 3. The predicted molar refractivity (Wildman–Crippen MR) is 85.8 cm³/mol. The third kappa shape index (κ3) is 3.44. The lowest BCUT2D eigenvalue weighted by atomic mass is 10.2. The third-order valence-electron chi connectivity index (χ3n) is 3.30. The zero-order chi connectivity index (χ0) is 15.4. The molecule has 0 unspecified atom stereocenters. The molecule has 21 heavy (non-hydrogen) atoms. The van der Waals surface area contributed by atoms with Gasteiger partial charge in [0.05, 0.1) is 5.69 Å². The molecule has 0 aliphatic rings. The summed E-state index contributed by atoms with van der Waals surface area (Å²) in [5.74, 6) is -0.0899. The first-order chi connectivity index (χ1) is 10.1. The first kappa shape index (κ1) is 16.0. The Hall–Kier alpha value is -1.40. The highest BCUT2D eigenvalue weighted by atomic mass is 79.9. The van der Waals surface area contributed by atoms with E-state index in [9.17, 15) is 4.79 Å². The molecule has 1 N–H and O–H groups in total. The fourth-order valence-corrected chi connectivity index (χ4v) is 2.85. The van der Waals surface area contributed by atoms with Gasteiger partial charge >= 0.3 is 0 Å². The third-order valence-corrected chi connectivity index (χ3v) is 3.74. The highest BCUT2D eigenvalue weighted by Crippen LogP contribution is 2.21. The lowest BCUT2D eigenvalue weighted by Crippen LogP contribution is -2.27. The summed E-state index contributed by atoms with van der Waals surface area (Å²) in [7, 11) is 1.65. The van der Waals surface area contributed by atoms with Crippen molar-refractivity contribution in [2.24, 2.45) is 0 Å². The number of methoxy groups -OCH3 is 1. The van der Waals surface area contributed by atoms with Gasteiger partial charge in [-0.1, -0.05) is 6.92 Å². The number of halogens is 1. The van der Waals surface area contributed by atoms with Gasteiger partial charge in [0.2, 0.25) is 0 Å². The van der Waals surface area contributed by atoms with Crippen molar-refractivity contribution in [1.82, 2.24) is 14.7 Å². The number of imidazole rings is 1. The Labute approximate surface area is 132 Å². The van der Waals surface area contributed by atoms with Crippen LogP contribution < -0.4 is 5.32 Å². The topological polar surface area (TPSA) is 55.6 Å². The molecule has 2 heterocycles. The first-order valence-electron chi connectivity index (χ1n) is 7.02. The van der Waals surface area contributed by atoms with Gasteiger partial charge in [0, 0.05) is 30.9 Å². The molecule has 0 aliphatic heterocycles. The number of nitrogens with zero attached hydrogens (tertiary/aromatic N) is 2. The number of nitrogens with one attached hydrogen (secondary N) is 1. The number of aromatic nitrogens is 2. The van der Waals surface area contributed by atoms with Crippen LogP contribution in [0.25, 0.3) is 5.65 Å². The van der Waals surface area contributed by atoms with Gasteiger partial charge < -0.3 is 10.1 Å². The number of hydrogen-bond donors (Lipinski definition) is 1. The van der Waals surface area contributed by atoms with Crippen molar-refractivity contribution in [2.45, 2.75) is 26.7 Å². The van der Waals surface area contributed by atoms with Gasteiger partial charge in [-0.25, -0.2) is 4.98 Å². The highest BCUT2D eigenvalue weighted by molar-refractivity contribution is 9.10. The predicted octanol–water partition coefficient (Wildman–Crippen LogP) is 2.73. The molecule has 2 rings (SSSR count). The van der Waals surface area contributed by atoms with E-state index in [0.29, 0.717) is 18.8 Å². The van der Waals surface area contributed by atoms with Gasteiger partial charge in [0.25, 0.3) is 5.91 Å². The molecule has 0 aromatic carbocycles. The van der Waals surface area contributed by atoms with Crippen LogP contribution in [0.3, 0.4) is 0 Å². The van der Waals surface area contributed by atoms with E-state index in [2.05, 4.69) is 26.2 Å². The molecule has 0 saturated carbocycles. The molecule has 114 valence electrons. The van der Waals surface area contributed by atoms with Crippen molar-refractivity contribution in [2.75, 3.05) is 20.3 Å². The van der Waals surface area contributed by atoms with E-state index in [-0.39, 0.29) is 5.91 Å². The average molecular weight is 354 g/mol. The lowest BCUT2D eigenvalue weighted by molar-refractivity contribution is 0.0941. The van der Waals surface area contributed by atoms with Gasteiger partial charge in [0.15, 0.2) is 0 Å². The molecule has 5 nitrogen and oxygen atoms in total. The number of carbonyl (C=O) groups excluding carboxylic acids is 1. The van der Waals surface area contributed by atoms with Gasteiger partial charge in [-0.3, -0.25) is 9.20 Å². The monoisotopic (exact) mass is 353 g/mol. The van der Waals surface area contributed by atoms with Gasteiger partial charge in [-0.15, -0.1) is 0 Å². The fourth-order valence-electron chi connectivity index (χ4n) is 2.30. The second-order valence-corrected chi connectivity index (χ2v) is 5.81. The van der Waals surface area contributed by atoms with Crippen LogP contribution in [0.4, 0.5) is 0 Å². The number of amides is 1. The van der Waals surface area contributed by atoms with Crippen LogP contribution >= 0.6 is 15.9 Å². The molecule has 0 atom stereocenters. The van der Waals surface area contributed by atoms with Crippen molar-refractivity contribution in [3.63, 3.8) is 0 Å². The molecule has 2 aromatic rings. The Morgan fingerprint density at radius 3 is 2.95 bits per heavy atom. The molecular weight excluding hydrogens is 334 g/mol. The maximum Gasteiger partial charge on any atom is 0.270 e. The van der Waals surface area contributed by atoms with Gasteiger partial charge in [-0.05, 0) is 47.3 Å². The van der Waals surface area contributed by atoms with Crippen LogP contribution in [-0.2, 0) is 11.2 Å². The van der Waals surface area contributed by atoms with E-state index >= 15 is 0 Å². The molecule has 0 aliphatic carbocycles. The Morgan fingerprint density at radius 1 is 1.52 bits per heavy atom. The van der Waals surface area contributed by atoms with Crippen LogP contribution in [0.15, 0.2) is 16.7 Å². The van der Waals surface area contributed by atoms with Crippen LogP contribution in [0.2, 0.25) is 0 Å².